The molecule has 1 saturated heterocycles. The molecule has 0 radical (unpaired) electrons. The maximum atomic E-state index is 11.6. The summed E-state index contributed by atoms with van der Waals surface area (Å²) in [5.74, 6) is -1.69. The summed E-state index contributed by atoms with van der Waals surface area (Å²) in [4.78, 5) is 33.8. The van der Waals surface area contributed by atoms with Crippen LogP contribution in [-0.2, 0) is 33.4 Å². The van der Waals surface area contributed by atoms with Gasteiger partial charge in [-0.15, -0.1) is 0 Å². The quantitative estimate of drug-likeness (QED) is 0.439. The van der Waals surface area contributed by atoms with Crippen LogP contribution in [0.15, 0.2) is 0 Å². The lowest BCUT2D eigenvalue weighted by atomic mass is 10.1. The monoisotopic (exact) mass is 308 g/mol. The van der Waals surface area contributed by atoms with Gasteiger partial charge >= 0.3 is 5.97 Å². The van der Waals surface area contributed by atoms with Crippen LogP contribution < -0.4 is 10.6 Å². The first-order valence-electron chi connectivity index (χ1n) is 5.69. The third-order valence-electron chi connectivity index (χ3n) is 2.46. The van der Waals surface area contributed by atoms with Crippen LogP contribution in [0.1, 0.15) is 13.8 Å². The van der Waals surface area contributed by atoms with E-state index in [2.05, 4.69) is 14.8 Å². The molecule has 1 fully saturated rings. The molecule has 1 heterocycles. The van der Waals surface area contributed by atoms with E-state index in [9.17, 15) is 22.8 Å². The van der Waals surface area contributed by atoms with E-state index in [4.69, 9.17) is 4.74 Å². The first-order valence-corrected chi connectivity index (χ1v) is 7.51. The van der Waals surface area contributed by atoms with Crippen molar-refractivity contribution in [3.63, 3.8) is 0 Å². The molecule has 0 aromatic carbocycles. The van der Waals surface area contributed by atoms with Crippen molar-refractivity contribution >= 4 is 27.9 Å². The van der Waals surface area contributed by atoms with Crippen molar-refractivity contribution in [3.05, 3.63) is 0 Å². The molecular weight excluding hydrogens is 292 g/mol. The van der Waals surface area contributed by atoms with Gasteiger partial charge in [0.05, 0.1) is 12.3 Å². The lowest BCUT2D eigenvalue weighted by Gasteiger charge is -2.21. The molecule has 0 aromatic rings. The number of cyclic esters (lactones) is 1. The number of hydrogen-bond acceptors (Lipinski definition) is 7. The van der Waals surface area contributed by atoms with Crippen molar-refractivity contribution in [2.75, 3.05) is 12.9 Å². The molecule has 0 bridgehead atoms. The summed E-state index contributed by atoms with van der Waals surface area (Å²) < 4.78 is 31.4. The Morgan fingerprint density at radius 2 is 1.80 bits per heavy atom. The van der Waals surface area contributed by atoms with Gasteiger partial charge in [0, 0.05) is 13.8 Å². The van der Waals surface area contributed by atoms with Crippen LogP contribution in [-0.4, -0.2) is 57.3 Å². The second kappa shape index (κ2) is 6.18. The van der Waals surface area contributed by atoms with Gasteiger partial charge in [-0.2, -0.15) is 8.42 Å². The van der Waals surface area contributed by atoms with Gasteiger partial charge in [-0.3, -0.25) is 13.8 Å². The minimum atomic E-state index is -3.71. The number of ether oxygens (including phenoxy) is 1. The Kier molecular flexibility index (Phi) is 5.06. The third kappa shape index (κ3) is 4.78. The predicted molar refractivity (Wildman–Crippen MR) is 65.9 cm³/mol. The highest BCUT2D eigenvalue weighted by Gasteiger charge is 2.46. The molecule has 10 heteroatoms. The summed E-state index contributed by atoms with van der Waals surface area (Å²) in [6.07, 6.45) is -0.152. The van der Waals surface area contributed by atoms with E-state index in [1.54, 1.807) is 0 Å². The number of esters is 1. The summed E-state index contributed by atoms with van der Waals surface area (Å²) >= 11 is 0. The van der Waals surface area contributed by atoms with E-state index < -0.39 is 52.7 Å². The van der Waals surface area contributed by atoms with Gasteiger partial charge < -0.3 is 15.4 Å². The molecule has 0 unspecified atom stereocenters. The van der Waals surface area contributed by atoms with Crippen LogP contribution in [0.25, 0.3) is 0 Å². The number of hydrogen-bond donors (Lipinski definition) is 2. The Morgan fingerprint density at radius 1 is 1.25 bits per heavy atom. The fourth-order valence-electron chi connectivity index (χ4n) is 1.76. The van der Waals surface area contributed by atoms with Gasteiger partial charge in [0.15, 0.2) is 6.04 Å². The maximum Gasteiger partial charge on any atom is 0.331 e. The fraction of sp³-hybridized carbons (Fsp3) is 0.700. The molecule has 2 N–H and O–H groups in total. The Labute approximate surface area is 116 Å². The van der Waals surface area contributed by atoms with Gasteiger partial charge in [-0.1, -0.05) is 0 Å². The zero-order valence-corrected chi connectivity index (χ0v) is 12.0. The molecular formula is C10H16N2O7S. The van der Waals surface area contributed by atoms with Crippen LogP contribution in [0.5, 0.6) is 0 Å². The number of rotatable bonds is 5. The number of nitrogens with one attached hydrogen (secondary N) is 2. The number of carbonyl (C=O) groups is 3. The molecule has 0 aliphatic carbocycles. The molecule has 114 valence electrons. The zero-order valence-electron chi connectivity index (χ0n) is 11.2. The van der Waals surface area contributed by atoms with Crippen molar-refractivity contribution in [1.29, 1.82) is 0 Å². The average Bonchev–Trinajstić information content (AvgIpc) is 2.52. The van der Waals surface area contributed by atoms with E-state index in [-0.39, 0.29) is 0 Å². The Balaban J connectivity index is 2.84. The van der Waals surface area contributed by atoms with Crippen molar-refractivity contribution < 1.29 is 31.7 Å². The summed E-state index contributed by atoms with van der Waals surface area (Å²) in [5, 5.41) is 4.78. The Bertz CT molecular complexity index is 516. The highest BCUT2D eigenvalue weighted by molar-refractivity contribution is 7.85. The normalized spacial score (nSPS) is 25.9. The minimum Gasteiger partial charge on any atom is -0.456 e. The van der Waals surface area contributed by atoms with Gasteiger partial charge in [0.25, 0.3) is 10.1 Å². The van der Waals surface area contributed by atoms with E-state index >= 15 is 0 Å². The molecule has 3 atom stereocenters. The first kappa shape index (κ1) is 16.4. The Morgan fingerprint density at radius 3 is 2.25 bits per heavy atom. The summed E-state index contributed by atoms with van der Waals surface area (Å²) in [6.45, 7) is 1.99. The van der Waals surface area contributed by atoms with E-state index in [1.807, 2.05) is 0 Å². The minimum absolute atomic E-state index is 0.439. The summed E-state index contributed by atoms with van der Waals surface area (Å²) in [7, 11) is -3.71. The van der Waals surface area contributed by atoms with Crippen LogP contribution >= 0.6 is 0 Å². The number of carbonyl (C=O) groups excluding carboxylic acids is 3. The van der Waals surface area contributed by atoms with Gasteiger partial charge in [-0.05, 0) is 0 Å². The van der Waals surface area contributed by atoms with E-state index in [0.29, 0.717) is 0 Å². The topological polar surface area (TPSA) is 128 Å². The molecule has 1 rings (SSSR count). The average molecular weight is 308 g/mol. The smallest absolute Gasteiger partial charge is 0.331 e. The molecule has 1 aliphatic rings. The first-order chi connectivity index (χ1) is 9.10. The molecule has 0 spiro atoms. The maximum absolute atomic E-state index is 11.6. The Hall–Kier alpha value is -1.68. The number of amides is 2. The lowest BCUT2D eigenvalue weighted by molar-refractivity contribution is -0.145. The van der Waals surface area contributed by atoms with Crippen molar-refractivity contribution in [1.82, 2.24) is 10.6 Å². The van der Waals surface area contributed by atoms with Crippen molar-refractivity contribution in [2.45, 2.75) is 32.0 Å². The predicted octanol–water partition coefficient (Wildman–Crippen LogP) is -2.10. The summed E-state index contributed by atoms with van der Waals surface area (Å²) in [6, 6.07) is -1.98. The standard InChI is InChI=1S/C10H16N2O7S/c1-5(13)11-8-7(4-18-20(3,16)17)19-10(15)9(8)12-6(2)14/h7-9H,4H2,1-3H3,(H,11,13)(H,12,14)/t7-,8+,9-/m1/s1. The highest BCUT2D eigenvalue weighted by Crippen LogP contribution is 2.17. The zero-order chi connectivity index (χ0) is 15.5. The van der Waals surface area contributed by atoms with Gasteiger partial charge in [0.1, 0.15) is 12.7 Å². The van der Waals surface area contributed by atoms with E-state index in [0.717, 1.165) is 6.26 Å². The van der Waals surface area contributed by atoms with Crippen LogP contribution in [0.3, 0.4) is 0 Å². The highest BCUT2D eigenvalue weighted by atomic mass is 32.2. The van der Waals surface area contributed by atoms with Crippen LogP contribution in [0.2, 0.25) is 0 Å². The van der Waals surface area contributed by atoms with Crippen LogP contribution in [0, 0.1) is 0 Å². The molecule has 0 saturated carbocycles. The molecule has 20 heavy (non-hydrogen) atoms. The van der Waals surface area contributed by atoms with Crippen molar-refractivity contribution in [3.8, 4) is 0 Å². The van der Waals surface area contributed by atoms with E-state index in [1.165, 1.54) is 13.8 Å². The fourth-order valence-corrected chi connectivity index (χ4v) is 2.15. The summed E-state index contributed by atoms with van der Waals surface area (Å²) in [5.41, 5.74) is 0. The van der Waals surface area contributed by atoms with Crippen molar-refractivity contribution in [2.24, 2.45) is 0 Å². The largest absolute Gasteiger partial charge is 0.456 e. The second-order valence-electron chi connectivity index (χ2n) is 4.37. The van der Waals surface area contributed by atoms with Gasteiger partial charge in [-0.25, -0.2) is 4.79 Å². The lowest BCUT2D eigenvalue weighted by Crippen LogP contribution is -2.54. The molecule has 1 aliphatic heterocycles. The SMILES string of the molecule is CC(=O)N[C@H]1[C@@H](COS(C)(=O)=O)OC(=O)[C@@H]1NC(C)=O. The van der Waals surface area contributed by atoms with Crippen LogP contribution in [0.4, 0.5) is 0 Å². The molecule has 0 aromatic heterocycles. The third-order valence-corrected chi connectivity index (χ3v) is 3.02. The van der Waals surface area contributed by atoms with Gasteiger partial charge in [0.2, 0.25) is 11.8 Å². The molecule has 9 nitrogen and oxygen atoms in total. The molecule has 2 amide bonds. The second-order valence-corrected chi connectivity index (χ2v) is 6.01.